The number of hydrogen-bond donors (Lipinski definition) is 0. The summed E-state index contributed by atoms with van der Waals surface area (Å²) in [5.74, 6) is 0.703. The van der Waals surface area contributed by atoms with E-state index >= 15 is 0 Å². The molecular formula is C9H9BrCl2. The second-order valence-corrected chi connectivity index (χ2v) is 4.20. The van der Waals surface area contributed by atoms with E-state index in [0.717, 1.165) is 22.3 Å². The number of hydrogen-bond acceptors (Lipinski definition) is 0. The highest BCUT2D eigenvalue weighted by atomic mass is 79.9. The molecule has 12 heavy (non-hydrogen) atoms. The van der Waals surface area contributed by atoms with Crippen LogP contribution >= 0.6 is 39.1 Å². The lowest BCUT2D eigenvalue weighted by molar-refractivity contribution is 0.924. The lowest BCUT2D eigenvalue weighted by Crippen LogP contribution is -1.87. The molecule has 0 fully saturated rings. The van der Waals surface area contributed by atoms with Gasteiger partial charge in [0.2, 0.25) is 0 Å². The zero-order valence-corrected chi connectivity index (χ0v) is 9.59. The number of rotatable bonds is 3. The van der Waals surface area contributed by atoms with Crippen molar-refractivity contribution in [3.8, 4) is 0 Å². The van der Waals surface area contributed by atoms with Crippen LogP contribution in [-0.2, 0) is 6.42 Å². The van der Waals surface area contributed by atoms with Gasteiger partial charge >= 0.3 is 0 Å². The molecule has 0 bridgehead atoms. The summed E-state index contributed by atoms with van der Waals surface area (Å²) in [7, 11) is 0. The summed E-state index contributed by atoms with van der Waals surface area (Å²) in [5.41, 5.74) is 1.26. The number of alkyl halides is 1. The molecule has 0 radical (unpaired) electrons. The number of halogens is 3. The number of benzene rings is 1. The predicted molar refractivity (Wildman–Crippen MR) is 58.2 cm³/mol. The Bertz CT molecular complexity index is 261. The topological polar surface area (TPSA) is 0 Å². The summed E-state index contributed by atoms with van der Waals surface area (Å²) in [5, 5.41) is 0.761. The Hall–Kier alpha value is 0.280. The van der Waals surface area contributed by atoms with Crippen molar-refractivity contribution in [1.29, 1.82) is 0 Å². The summed E-state index contributed by atoms with van der Waals surface area (Å²) in [4.78, 5) is 0. The summed E-state index contributed by atoms with van der Waals surface area (Å²) in [6.45, 7) is 0. The Balaban J connectivity index is 2.72. The molecule has 0 spiro atoms. The van der Waals surface area contributed by atoms with E-state index in [2.05, 4.69) is 15.9 Å². The monoisotopic (exact) mass is 266 g/mol. The molecule has 0 saturated heterocycles. The Kier molecular flexibility index (Phi) is 4.41. The van der Waals surface area contributed by atoms with E-state index < -0.39 is 0 Å². The molecule has 1 aromatic carbocycles. The number of aryl methyl sites for hydroxylation is 1. The van der Waals surface area contributed by atoms with Crippen LogP contribution in [0.4, 0.5) is 0 Å². The van der Waals surface area contributed by atoms with Crippen molar-refractivity contribution in [2.45, 2.75) is 12.8 Å². The van der Waals surface area contributed by atoms with Gasteiger partial charge in [0.25, 0.3) is 0 Å². The van der Waals surface area contributed by atoms with Crippen molar-refractivity contribution in [1.82, 2.24) is 0 Å². The van der Waals surface area contributed by atoms with Crippen LogP contribution in [-0.4, -0.2) is 5.88 Å². The average molecular weight is 268 g/mol. The van der Waals surface area contributed by atoms with Gasteiger partial charge in [-0.2, -0.15) is 0 Å². The molecule has 66 valence electrons. The third-order valence-corrected chi connectivity index (χ3v) is 2.84. The van der Waals surface area contributed by atoms with Crippen molar-refractivity contribution in [3.63, 3.8) is 0 Å². The highest BCUT2D eigenvalue weighted by Crippen LogP contribution is 2.22. The van der Waals surface area contributed by atoms with E-state index in [1.54, 1.807) is 0 Å². The molecule has 1 rings (SSSR count). The minimum absolute atomic E-state index is 0.703. The third kappa shape index (κ3) is 2.96. The molecule has 0 atom stereocenters. The molecule has 0 aliphatic heterocycles. The zero-order valence-electron chi connectivity index (χ0n) is 6.49. The first kappa shape index (κ1) is 10.4. The van der Waals surface area contributed by atoms with E-state index in [-0.39, 0.29) is 0 Å². The summed E-state index contributed by atoms with van der Waals surface area (Å²) >= 11 is 14.8. The van der Waals surface area contributed by atoms with Crippen molar-refractivity contribution in [3.05, 3.63) is 33.3 Å². The van der Waals surface area contributed by atoms with Crippen LogP contribution in [0, 0.1) is 0 Å². The standard InChI is InChI=1S/C9H9BrCl2/c10-9-6-8(12)4-3-7(9)2-1-5-11/h3-4,6H,1-2,5H2. The van der Waals surface area contributed by atoms with Crippen molar-refractivity contribution in [2.75, 3.05) is 5.88 Å². The fourth-order valence-electron chi connectivity index (χ4n) is 0.982. The molecule has 0 nitrogen and oxygen atoms in total. The van der Waals surface area contributed by atoms with Crippen LogP contribution in [0.1, 0.15) is 12.0 Å². The molecule has 0 heterocycles. The van der Waals surface area contributed by atoms with Gasteiger partial charge in [0.05, 0.1) is 0 Å². The van der Waals surface area contributed by atoms with Gasteiger partial charge in [-0.25, -0.2) is 0 Å². The summed E-state index contributed by atoms with van der Waals surface area (Å²) < 4.78 is 1.07. The minimum atomic E-state index is 0.703. The lowest BCUT2D eigenvalue weighted by Gasteiger charge is -2.02. The van der Waals surface area contributed by atoms with Crippen LogP contribution < -0.4 is 0 Å². The van der Waals surface area contributed by atoms with Gasteiger partial charge in [-0.3, -0.25) is 0 Å². The van der Waals surface area contributed by atoms with Crippen LogP contribution in [0.3, 0.4) is 0 Å². The maximum absolute atomic E-state index is 5.79. The smallest absolute Gasteiger partial charge is 0.0417 e. The normalized spacial score (nSPS) is 10.2. The fourth-order valence-corrected chi connectivity index (χ4v) is 2.00. The first-order valence-electron chi connectivity index (χ1n) is 3.74. The highest BCUT2D eigenvalue weighted by Gasteiger charge is 1.99. The second kappa shape index (κ2) is 5.11. The molecule has 1 aromatic rings. The van der Waals surface area contributed by atoms with E-state index in [1.165, 1.54) is 5.56 Å². The predicted octanol–water partition coefficient (Wildman–Crippen LogP) is 4.27. The molecular weight excluding hydrogens is 259 g/mol. The van der Waals surface area contributed by atoms with Crippen LogP contribution in [0.2, 0.25) is 5.02 Å². The Morgan fingerprint density at radius 3 is 2.67 bits per heavy atom. The quantitative estimate of drug-likeness (QED) is 0.718. The van der Waals surface area contributed by atoms with Gasteiger partial charge in [0, 0.05) is 15.4 Å². The molecule has 0 aliphatic rings. The molecule has 0 aliphatic carbocycles. The van der Waals surface area contributed by atoms with Crippen LogP contribution in [0.5, 0.6) is 0 Å². The molecule has 0 N–H and O–H groups in total. The fraction of sp³-hybridized carbons (Fsp3) is 0.333. The summed E-state index contributed by atoms with van der Waals surface area (Å²) in [6, 6.07) is 5.83. The van der Waals surface area contributed by atoms with Crippen molar-refractivity contribution >= 4 is 39.1 Å². The Morgan fingerprint density at radius 2 is 2.08 bits per heavy atom. The highest BCUT2D eigenvalue weighted by molar-refractivity contribution is 9.10. The van der Waals surface area contributed by atoms with Gasteiger partial charge in [0.15, 0.2) is 0 Å². The largest absolute Gasteiger partial charge is 0.127 e. The van der Waals surface area contributed by atoms with Crippen LogP contribution in [0.15, 0.2) is 22.7 Å². The second-order valence-electron chi connectivity index (χ2n) is 2.53. The van der Waals surface area contributed by atoms with Gasteiger partial charge in [-0.05, 0) is 30.5 Å². The van der Waals surface area contributed by atoms with Gasteiger partial charge < -0.3 is 0 Å². The SMILES string of the molecule is ClCCCc1ccc(Cl)cc1Br. The molecule has 0 amide bonds. The molecule has 3 heteroatoms. The maximum atomic E-state index is 5.79. The Labute approximate surface area is 91.0 Å². The zero-order chi connectivity index (χ0) is 8.97. The van der Waals surface area contributed by atoms with E-state index in [1.807, 2.05) is 18.2 Å². The first-order valence-corrected chi connectivity index (χ1v) is 5.44. The van der Waals surface area contributed by atoms with Crippen molar-refractivity contribution in [2.24, 2.45) is 0 Å². The average Bonchev–Trinajstić information content (AvgIpc) is 2.03. The van der Waals surface area contributed by atoms with Gasteiger partial charge in [0.1, 0.15) is 0 Å². The lowest BCUT2D eigenvalue weighted by atomic mass is 10.1. The summed E-state index contributed by atoms with van der Waals surface area (Å²) in [6.07, 6.45) is 2.00. The van der Waals surface area contributed by atoms with E-state index in [0.29, 0.717) is 5.88 Å². The maximum Gasteiger partial charge on any atom is 0.0417 e. The van der Waals surface area contributed by atoms with Gasteiger partial charge in [-0.15, -0.1) is 11.6 Å². The van der Waals surface area contributed by atoms with Gasteiger partial charge in [-0.1, -0.05) is 33.6 Å². The third-order valence-electron chi connectivity index (χ3n) is 1.59. The minimum Gasteiger partial charge on any atom is -0.127 e. The first-order chi connectivity index (χ1) is 5.74. The van der Waals surface area contributed by atoms with E-state index in [4.69, 9.17) is 23.2 Å². The molecule has 0 saturated carbocycles. The molecule has 0 aromatic heterocycles. The van der Waals surface area contributed by atoms with Crippen LogP contribution in [0.25, 0.3) is 0 Å². The van der Waals surface area contributed by atoms with E-state index in [9.17, 15) is 0 Å². The Morgan fingerprint density at radius 1 is 1.33 bits per heavy atom. The molecule has 0 unspecified atom stereocenters. The van der Waals surface area contributed by atoms with Crippen molar-refractivity contribution < 1.29 is 0 Å².